The normalized spacial score (nSPS) is 11.9. The Morgan fingerprint density at radius 1 is 1.45 bits per heavy atom. The highest BCUT2D eigenvalue weighted by atomic mass is 16.3. The largest absolute Gasteiger partial charge is 0.396 e. The smallest absolute Gasteiger partial charge is 0.241 e. The van der Waals surface area contributed by atoms with Crippen LogP contribution in [0.3, 0.4) is 0 Å². The first kappa shape index (κ1) is 16.6. The predicted octanol–water partition coefficient (Wildman–Crippen LogP) is 0.711. The molecule has 0 aliphatic rings. The lowest BCUT2D eigenvalue weighted by molar-refractivity contribution is -0.121. The number of nitrogens with one attached hydrogen (secondary N) is 1. The molecule has 1 amide bonds. The van der Waals surface area contributed by atoms with Crippen molar-refractivity contribution in [2.24, 2.45) is 5.41 Å². The molecule has 0 unspecified atom stereocenters. The fourth-order valence-electron chi connectivity index (χ4n) is 1.80. The summed E-state index contributed by atoms with van der Waals surface area (Å²) in [6, 6.07) is 0. The minimum Gasteiger partial charge on any atom is -0.396 e. The third-order valence-electron chi connectivity index (χ3n) is 3.15. The van der Waals surface area contributed by atoms with Gasteiger partial charge < -0.3 is 10.4 Å². The summed E-state index contributed by atoms with van der Waals surface area (Å²) in [6.45, 7) is 8.87. The molecule has 0 atom stereocenters. The average Bonchev–Trinajstić information content (AvgIpc) is 2.83. The second-order valence-electron chi connectivity index (χ2n) is 6.13. The minimum atomic E-state index is -0.0963. The van der Waals surface area contributed by atoms with E-state index in [1.54, 1.807) is 0 Å². The van der Waals surface area contributed by atoms with Gasteiger partial charge in [-0.15, -0.1) is 5.10 Å². The summed E-state index contributed by atoms with van der Waals surface area (Å²) in [5, 5.41) is 23.3. The van der Waals surface area contributed by atoms with Crippen molar-refractivity contribution in [3.8, 4) is 0 Å². The predicted molar refractivity (Wildman–Crippen MR) is 75.0 cm³/mol. The number of hydrogen-bond acceptors (Lipinski definition) is 5. The standard InChI is InChI=1S/C13H25N5O2/c1-10(2)12-15-16-17-18(12)8-11(20)14-7-5-6-13(3,4)9-19/h10,19H,5-9H2,1-4H3,(H,14,20). The van der Waals surface area contributed by atoms with Crippen molar-refractivity contribution in [1.29, 1.82) is 0 Å². The second-order valence-corrected chi connectivity index (χ2v) is 6.13. The van der Waals surface area contributed by atoms with Crippen molar-refractivity contribution in [2.75, 3.05) is 13.2 Å². The van der Waals surface area contributed by atoms with Gasteiger partial charge >= 0.3 is 0 Å². The van der Waals surface area contributed by atoms with Gasteiger partial charge in [0.15, 0.2) is 5.82 Å². The topological polar surface area (TPSA) is 92.9 Å². The Kier molecular flexibility index (Phi) is 6.06. The van der Waals surface area contributed by atoms with Crippen LogP contribution in [0.5, 0.6) is 0 Å². The summed E-state index contributed by atoms with van der Waals surface area (Å²) in [7, 11) is 0. The van der Waals surface area contributed by atoms with Crippen molar-refractivity contribution >= 4 is 5.91 Å². The molecule has 114 valence electrons. The molecule has 1 aromatic rings. The highest BCUT2D eigenvalue weighted by Crippen LogP contribution is 2.20. The fourth-order valence-corrected chi connectivity index (χ4v) is 1.80. The molecule has 1 heterocycles. The lowest BCUT2D eigenvalue weighted by atomic mass is 9.89. The number of carbonyl (C=O) groups is 1. The van der Waals surface area contributed by atoms with Gasteiger partial charge in [-0.3, -0.25) is 4.79 Å². The molecule has 1 aromatic heterocycles. The minimum absolute atomic E-state index is 0.0919. The Hall–Kier alpha value is -1.50. The summed E-state index contributed by atoms with van der Waals surface area (Å²) in [6.07, 6.45) is 1.71. The Labute approximate surface area is 119 Å². The Bertz CT molecular complexity index is 428. The highest BCUT2D eigenvalue weighted by molar-refractivity contribution is 5.75. The van der Waals surface area contributed by atoms with Crippen molar-refractivity contribution in [3.63, 3.8) is 0 Å². The van der Waals surface area contributed by atoms with Crippen molar-refractivity contribution in [3.05, 3.63) is 5.82 Å². The number of hydrogen-bond donors (Lipinski definition) is 2. The van der Waals surface area contributed by atoms with Crippen LogP contribution in [0.25, 0.3) is 0 Å². The molecule has 0 saturated carbocycles. The number of carbonyl (C=O) groups excluding carboxylic acids is 1. The van der Waals surface area contributed by atoms with Gasteiger partial charge in [0, 0.05) is 19.1 Å². The maximum atomic E-state index is 11.8. The Morgan fingerprint density at radius 2 is 2.15 bits per heavy atom. The number of tetrazole rings is 1. The number of aromatic nitrogens is 4. The van der Waals surface area contributed by atoms with Gasteiger partial charge in [0.05, 0.1) is 0 Å². The number of aliphatic hydroxyl groups is 1. The molecule has 0 spiro atoms. The number of nitrogens with zero attached hydrogens (tertiary/aromatic N) is 4. The van der Waals surface area contributed by atoms with Gasteiger partial charge in [-0.05, 0) is 28.7 Å². The zero-order chi connectivity index (χ0) is 15.2. The molecule has 7 heteroatoms. The first-order valence-electron chi connectivity index (χ1n) is 6.99. The van der Waals surface area contributed by atoms with Crippen molar-refractivity contribution < 1.29 is 9.90 Å². The van der Waals surface area contributed by atoms with Gasteiger partial charge in [-0.1, -0.05) is 27.7 Å². The zero-order valence-electron chi connectivity index (χ0n) is 12.8. The maximum absolute atomic E-state index is 11.8. The van der Waals surface area contributed by atoms with E-state index in [1.165, 1.54) is 4.68 Å². The molecule has 0 aliphatic carbocycles. The second kappa shape index (κ2) is 7.33. The van der Waals surface area contributed by atoms with E-state index < -0.39 is 0 Å². The third-order valence-corrected chi connectivity index (χ3v) is 3.15. The molecule has 0 saturated heterocycles. The van der Waals surface area contributed by atoms with Crippen LogP contribution < -0.4 is 5.32 Å². The van der Waals surface area contributed by atoms with Gasteiger partial charge in [0.1, 0.15) is 6.54 Å². The molecule has 7 nitrogen and oxygen atoms in total. The molecule has 0 radical (unpaired) electrons. The van der Waals surface area contributed by atoms with Crippen LogP contribution in [0.4, 0.5) is 0 Å². The quantitative estimate of drug-likeness (QED) is 0.685. The molecular formula is C13H25N5O2. The van der Waals surface area contributed by atoms with E-state index in [-0.39, 0.29) is 30.4 Å². The van der Waals surface area contributed by atoms with Crippen LogP contribution in [-0.2, 0) is 11.3 Å². The summed E-state index contributed by atoms with van der Waals surface area (Å²) in [4.78, 5) is 11.8. The van der Waals surface area contributed by atoms with Gasteiger partial charge in [0.25, 0.3) is 0 Å². The third kappa shape index (κ3) is 5.24. The number of rotatable bonds is 8. The summed E-state index contributed by atoms with van der Waals surface area (Å²) >= 11 is 0. The van der Waals surface area contributed by atoms with E-state index >= 15 is 0 Å². The Morgan fingerprint density at radius 3 is 2.75 bits per heavy atom. The molecule has 0 bridgehead atoms. The van der Waals surface area contributed by atoms with Crippen LogP contribution in [0.15, 0.2) is 0 Å². The maximum Gasteiger partial charge on any atom is 0.241 e. The van der Waals surface area contributed by atoms with Crippen LogP contribution in [-0.4, -0.2) is 44.4 Å². The number of aliphatic hydroxyl groups excluding tert-OH is 1. The van der Waals surface area contributed by atoms with E-state index in [1.807, 2.05) is 27.7 Å². The molecule has 0 fully saturated rings. The van der Waals surface area contributed by atoms with Gasteiger partial charge in [-0.2, -0.15) is 0 Å². The monoisotopic (exact) mass is 283 g/mol. The van der Waals surface area contributed by atoms with E-state index in [9.17, 15) is 4.79 Å². The number of amides is 1. The van der Waals surface area contributed by atoms with Crippen molar-refractivity contribution in [1.82, 2.24) is 25.5 Å². The molecule has 0 aromatic carbocycles. The van der Waals surface area contributed by atoms with E-state index in [0.29, 0.717) is 12.4 Å². The lowest BCUT2D eigenvalue weighted by Crippen LogP contribution is -2.30. The first-order valence-corrected chi connectivity index (χ1v) is 6.99. The molecule has 20 heavy (non-hydrogen) atoms. The SMILES string of the molecule is CC(C)c1nnnn1CC(=O)NCCCC(C)(C)CO. The molecule has 2 N–H and O–H groups in total. The lowest BCUT2D eigenvalue weighted by Gasteiger charge is -2.21. The van der Waals surface area contributed by atoms with Gasteiger partial charge in [-0.25, -0.2) is 4.68 Å². The summed E-state index contributed by atoms with van der Waals surface area (Å²) < 4.78 is 1.53. The van der Waals surface area contributed by atoms with Crippen LogP contribution >= 0.6 is 0 Å². The molecule has 0 aliphatic heterocycles. The van der Waals surface area contributed by atoms with E-state index in [0.717, 1.165) is 12.8 Å². The first-order chi connectivity index (χ1) is 9.35. The van der Waals surface area contributed by atoms with Gasteiger partial charge in [0.2, 0.25) is 5.91 Å². The summed E-state index contributed by atoms with van der Waals surface area (Å²) in [5.41, 5.74) is -0.0919. The molecular weight excluding hydrogens is 258 g/mol. The van der Waals surface area contributed by atoms with Crippen LogP contribution in [0, 0.1) is 5.41 Å². The highest BCUT2D eigenvalue weighted by Gasteiger charge is 2.16. The Balaban J connectivity index is 2.32. The average molecular weight is 283 g/mol. The van der Waals surface area contributed by atoms with Crippen molar-refractivity contribution in [2.45, 2.75) is 53.0 Å². The van der Waals surface area contributed by atoms with Crippen LogP contribution in [0.1, 0.15) is 52.3 Å². The molecule has 1 rings (SSSR count). The van der Waals surface area contributed by atoms with Crippen LogP contribution in [0.2, 0.25) is 0 Å². The van der Waals surface area contributed by atoms with E-state index in [4.69, 9.17) is 5.11 Å². The fraction of sp³-hybridized carbons (Fsp3) is 0.846. The summed E-state index contributed by atoms with van der Waals surface area (Å²) in [5.74, 6) is 0.797. The van der Waals surface area contributed by atoms with E-state index in [2.05, 4.69) is 20.8 Å². The zero-order valence-corrected chi connectivity index (χ0v) is 12.8.